The van der Waals surface area contributed by atoms with Crippen molar-refractivity contribution in [2.24, 2.45) is 5.92 Å². The molecule has 0 saturated carbocycles. The van der Waals surface area contributed by atoms with E-state index in [-0.39, 0.29) is 5.91 Å². The van der Waals surface area contributed by atoms with Gasteiger partial charge >= 0.3 is 0 Å². The number of nitrogens with zero attached hydrogens (tertiary/aromatic N) is 1. The fourth-order valence-electron chi connectivity index (χ4n) is 3.96. The van der Waals surface area contributed by atoms with Crippen LogP contribution in [-0.4, -0.2) is 37.1 Å². The van der Waals surface area contributed by atoms with Crippen LogP contribution in [0.25, 0.3) is 0 Å². The van der Waals surface area contributed by atoms with Gasteiger partial charge in [0.1, 0.15) is 13.2 Å². The van der Waals surface area contributed by atoms with E-state index in [2.05, 4.69) is 31.2 Å². The van der Waals surface area contributed by atoms with E-state index in [0.29, 0.717) is 36.2 Å². The minimum atomic E-state index is 0.0642. The Hall–Kier alpha value is -2.49. The molecule has 4 rings (SSSR count). The SMILES string of the molecule is Cc1ccc(CCC2CCN(C(=O)c3cccc4c3OCCO4)CC2)cc1. The molecule has 0 bridgehead atoms. The van der Waals surface area contributed by atoms with Gasteiger partial charge in [-0.1, -0.05) is 35.9 Å². The van der Waals surface area contributed by atoms with Gasteiger partial charge < -0.3 is 14.4 Å². The molecular formula is C23H27NO3. The van der Waals surface area contributed by atoms with Gasteiger partial charge in [0.05, 0.1) is 5.56 Å². The van der Waals surface area contributed by atoms with Crippen molar-refractivity contribution in [3.05, 3.63) is 59.2 Å². The van der Waals surface area contributed by atoms with Crippen molar-refractivity contribution in [1.82, 2.24) is 4.90 Å². The second-order valence-electron chi connectivity index (χ2n) is 7.59. The number of aryl methyl sites for hydroxylation is 2. The van der Waals surface area contributed by atoms with E-state index < -0.39 is 0 Å². The molecule has 0 radical (unpaired) electrons. The van der Waals surface area contributed by atoms with Crippen LogP contribution in [0.1, 0.15) is 40.7 Å². The number of amides is 1. The normalized spacial score (nSPS) is 17.0. The lowest BCUT2D eigenvalue weighted by molar-refractivity contribution is 0.0677. The number of carbonyl (C=O) groups excluding carboxylic acids is 1. The number of rotatable bonds is 4. The smallest absolute Gasteiger partial charge is 0.257 e. The lowest BCUT2D eigenvalue weighted by Crippen LogP contribution is -2.39. The van der Waals surface area contributed by atoms with E-state index in [9.17, 15) is 4.79 Å². The maximum atomic E-state index is 13.0. The molecule has 1 amide bonds. The highest BCUT2D eigenvalue weighted by molar-refractivity contribution is 5.98. The third-order valence-corrected chi connectivity index (χ3v) is 5.66. The van der Waals surface area contributed by atoms with Gasteiger partial charge in [0.25, 0.3) is 5.91 Å². The quantitative estimate of drug-likeness (QED) is 0.813. The second kappa shape index (κ2) is 8.03. The Morgan fingerprint density at radius 2 is 1.78 bits per heavy atom. The van der Waals surface area contributed by atoms with E-state index in [1.807, 2.05) is 23.1 Å². The second-order valence-corrected chi connectivity index (χ2v) is 7.59. The molecule has 0 aliphatic carbocycles. The lowest BCUT2D eigenvalue weighted by Gasteiger charge is -2.33. The fraction of sp³-hybridized carbons (Fsp3) is 0.435. The van der Waals surface area contributed by atoms with Crippen molar-refractivity contribution < 1.29 is 14.3 Å². The molecule has 1 fully saturated rings. The first-order valence-electron chi connectivity index (χ1n) is 9.94. The van der Waals surface area contributed by atoms with Gasteiger partial charge in [0, 0.05) is 13.1 Å². The summed E-state index contributed by atoms with van der Waals surface area (Å²) in [5, 5.41) is 0. The Kier molecular flexibility index (Phi) is 5.33. The van der Waals surface area contributed by atoms with E-state index >= 15 is 0 Å². The summed E-state index contributed by atoms with van der Waals surface area (Å²) in [5.41, 5.74) is 3.35. The van der Waals surface area contributed by atoms with Gasteiger partial charge in [-0.15, -0.1) is 0 Å². The van der Waals surface area contributed by atoms with Gasteiger partial charge in [-0.3, -0.25) is 4.79 Å². The van der Waals surface area contributed by atoms with E-state index in [1.54, 1.807) is 0 Å². The Balaban J connectivity index is 1.32. The van der Waals surface area contributed by atoms with Crippen LogP contribution in [0.2, 0.25) is 0 Å². The fourth-order valence-corrected chi connectivity index (χ4v) is 3.96. The van der Waals surface area contributed by atoms with Crippen LogP contribution in [0.5, 0.6) is 11.5 Å². The maximum absolute atomic E-state index is 13.0. The average Bonchev–Trinajstić information content (AvgIpc) is 2.73. The van der Waals surface area contributed by atoms with Crippen LogP contribution in [-0.2, 0) is 6.42 Å². The highest BCUT2D eigenvalue weighted by Gasteiger charge is 2.27. The minimum Gasteiger partial charge on any atom is -0.486 e. The molecule has 1 saturated heterocycles. The number of fused-ring (bicyclic) bond motifs is 1. The van der Waals surface area contributed by atoms with Gasteiger partial charge in [0.2, 0.25) is 0 Å². The summed E-state index contributed by atoms with van der Waals surface area (Å²) in [6, 6.07) is 14.4. The summed E-state index contributed by atoms with van der Waals surface area (Å²) in [7, 11) is 0. The van der Waals surface area contributed by atoms with Crippen LogP contribution in [0.4, 0.5) is 0 Å². The summed E-state index contributed by atoms with van der Waals surface area (Å²) in [6.07, 6.45) is 4.47. The number of likely N-dealkylation sites (tertiary alicyclic amines) is 1. The van der Waals surface area contributed by atoms with E-state index in [1.165, 1.54) is 17.5 Å². The molecule has 0 atom stereocenters. The highest BCUT2D eigenvalue weighted by atomic mass is 16.6. The Bertz CT molecular complexity index is 792. The molecule has 2 aromatic rings. The number of carbonyl (C=O) groups is 1. The first-order chi connectivity index (χ1) is 13.2. The first kappa shape index (κ1) is 17.9. The summed E-state index contributed by atoms with van der Waals surface area (Å²) in [4.78, 5) is 14.9. The number of para-hydroxylation sites is 1. The van der Waals surface area contributed by atoms with Crippen molar-refractivity contribution in [2.75, 3.05) is 26.3 Å². The van der Waals surface area contributed by atoms with Gasteiger partial charge in [-0.05, 0) is 56.2 Å². The van der Waals surface area contributed by atoms with Crippen LogP contribution in [0.15, 0.2) is 42.5 Å². The van der Waals surface area contributed by atoms with Crippen molar-refractivity contribution in [1.29, 1.82) is 0 Å². The molecule has 4 nitrogen and oxygen atoms in total. The zero-order valence-corrected chi connectivity index (χ0v) is 15.9. The van der Waals surface area contributed by atoms with Gasteiger partial charge in [-0.25, -0.2) is 0 Å². The van der Waals surface area contributed by atoms with Crippen LogP contribution in [0.3, 0.4) is 0 Å². The van der Waals surface area contributed by atoms with Crippen molar-refractivity contribution in [3.63, 3.8) is 0 Å². The molecular weight excluding hydrogens is 338 g/mol. The molecule has 0 aromatic heterocycles. The molecule has 0 N–H and O–H groups in total. The zero-order chi connectivity index (χ0) is 18.6. The number of hydrogen-bond donors (Lipinski definition) is 0. The van der Waals surface area contributed by atoms with Crippen molar-refractivity contribution in [2.45, 2.75) is 32.6 Å². The van der Waals surface area contributed by atoms with Crippen molar-refractivity contribution >= 4 is 5.91 Å². The molecule has 27 heavy (non-hydrogen) atoms. The number of piperidine rings is 1. The number of hydrogen-bond acceptors (Lipinski definition) is 3. The van der Waals surface area contributed by atoms with Gasteiger partial charge in [-0.2, -0.15) is 0 Å². The molecule has 2 aliphatic rings. The lowest BCUT2D eigenvalue weighted by atomic mass is 9.90. The third-order valence-electron chi connectivity index (χ3n) is 5.66. The molecule has 0 unspecified atom stereocenters. The van der Waals surface area contributed by atoms with Crippen LogP contribution < -0.4 is 9.47 Å². The maximum Gasteiger partial charge on any atom is 0.257 e. The summed E-state index contributed by atoms with van der Waals surface area (Å²) >= 11 is 0. The molecule has 2 heterocycles. The molecule has 2 aromatic carbocycles. The van der Waals surface area contributed by atoms with Crippen molar-refractivity contribution in [3.8, 4) is 11.5 Å². The average molecular weight is 365 g/mol. The zero-order valence-electron chi connectivity index (χ0n) is 15.9. The number of ether oxygens (including phenoxy) is 2. The predicted octanol–water partition coefficient (Wildman–Crippen LogP) is 4.25. The first-order valence-corrected chi connectivity index (χ1v) is 9.94. The van der Waals surface area contributed by atoms with Gasteiger partial charge in [0.15, 0.2) is 11.5 Å². The van der Waals surface area contributed by atoms with E-state index in [4.69, 9.17) is 9.47 Å². The predicted molar refractivity (Wildman–Crippen MR) is 106 cm³/mol. The van der Waals surface area contributed by atoms with E-state index in [0.717, 1.165) is 32.4 Å². The molecule has 0 spiro atoms. The summed E-state index contributed by atoms with van der Waals surface area (Å²) in [5.74, 6) is 2.05. The largest absolute Gasteiger partial charge is 0.486 e. The summed E-state index contributed by atoms with van der Waals surface area (Å²) < 4.78 is 11.3. The molecule has 4 heteroatoms. The minimum absolute atomic E-state index is 0.0642. The monoisotopic (exact) mass is 365 g/mol. The number of benzene rings is 2. The Labute approximate surface area is 161 Å². The van der Waals surface area contributed by atoms with Crippen LogP contribution in [0, 0.1) is 12.8 Å². The highest BCUT2D eigenvalue weighted by Crippen LogP contribution is 2.35. The Morgan fingerprint density at radius 3 is 2.56 bits per heavy atom. The summed E-state index contributed by atoms with van der Waals surface area (Å²) in [6.45, 7) is 4.80. The Morgan fingerprint density at radius 1 is 1.04 bits per heavy atom. The molecule has 142 valence electrons. The standard InChI is InChI=1S/C23H27NO3/c1-17-5-7-18(8-6-17)9-10-19-11-13-24(14-12-19)23(25)20-3-2-4-21-22(20)27-16-15-26-21/h2-8,19H,9-16H2,1H3. The van der Waals surface area contributed by atoms with Crippen LogP contribution >= 0.6 is 0 Å². The molecule has 2 aliphatic heterocycles. The topological polar surface area (TPSA) is 38.8 Å². The third kappa shape index (κ3) is 4.10.